The number of amides is 1. The van der Waals surface area contributed by atoms with Gasteiger partial charge in [-0.15, -0.1) is 0 Å². The number of fused-ring (bicyclic) bond motifs is 2. The lowest BCUT2D eigenvalue weighted by Gasteiger charge is -2.39. The maximum atomic E-state index is 16.5. The molecular formula is C28H26ClF4N7O3S. The van der Waals surface area contributed by atoms with Gasteiger partial charge in [-0.1, -0.05) is 29.5 Å². The number of alkyl halides is 2. The van der Waals surface area contributed by atoms with E-state index >= 15 is 4.39 Å². The lowest BCUT2D eigenvalue weighted by Crippen LogP contribution is -2.56. The second-order valence-corrected chi connectivity index (χ2v) is 12.0. The molecule has 2 aromatic heterocycles. The van der Waals surface area contributed by atoms with Crippen molar-refractivity contribution < 1.29 is 31.8 Å². The monoisotopic (exact) mass is 651 g/mol. The minimum Gasteiger partial charge on any atom is -0.462 e. The lowest BCUT2D eigenvalue weighted by molar-refractivity contribution is -0.158. The van der Waals surface area contributed by atoms with Gasteiger partial charge in [0.25, 0.3) is 0 Å². The van der Waals surface area contributed by atoms with E-state index in [0.29, 0.717) is 19.5 Å². The van der Waals surface area contributed by atoms with Crippen LogP contribution in [-0.2, 0) is 9.53 Å². The number of nitrogens with one attached hydrogen (secondary N) is 1. The quantitative estimate of drug-likeness (QED) is 0.192. The Morgan fingerprint density at radius 2 is 2.02 bits per heavy atom. The molecule has 2 aliphatic heterocycles. The largest absolute Gasteiger partial charge is 0.462 e. The van der Waals surface area contributed by atoms with Crippen molar-refractivity contribution in [3.05, 3.63) is 47.5 Å². The number of anilines is 2. The van der Waals surface area contributed by atoms with Crippen LogP contribution in [0, 0.1) is 11.6 Å². The zero-order chi connectivity index (χ0) is 31.3. The Morgan fingerprint density at radius 3 is 2.75 bits per heavy atom. The van der Waals surface area contributed by atoms with Crippen LogP contribution in [0.1, 0.15) is 6.42 Å². The Morgan fingerprint density at radius 1 is 1.25 bits per heavy atom. The first-order valence-corrected chi connectivity index (χ1v) is 14.7. The number of thiazole rings is 1. The molecule has 4 aromatic rings. The molecule has 1 amide bonds. The Balaban J connectivity index is 1.38. The van der Waals surface area contributed by atoms with Crippen LogP contribution >= 0.6 is 22.9 Å². The van der Waals surface area contributed by atoms with E-state index in [1.165, 1.54) is 24.3 Å². The van der Waals surface area contributed by atoms with Crippen LogP contribution in [0.5, 0.6) is 6.01 Å². The molecule has 10 nitrogen and oxygen atoms in total. The zero-order valence-electron chi connectivity index (χ0n) is 23.2. The molecule has 0 aliphatic carbocycles. The molecule has 16 heteroatoms. The van der Waals surface area contributed by atoms with Gasteiger partial charge in [0.2, 0.25) is 5.91 Å². The Bertz CT molecular complexity index is 1770. The highest BCUT2D eigenvalue weighted by molar-refractivity contribution is 7.22. The number of halogens is 5. The summed E-state index contributed by atoms with van der Waals surface area (Å²) in [6.45, 7) is 1.63. The fourth-order valence-corrected chi connectivity index (χ4v) is 6.56. The van der Waals surface area contributed by atoms with Gasteiger partial charge in [-0.3, -0.25) is 9.69 Å². The van der Waals surface area contributed by atoms with Crippen molar-refractivity contribution in [3.63, 3.8) is 0 Å². The van der Waals surface area contributed by atoms with E-state index in [1.54, 1.807) is 11.9 Å². The average molecular weight is 652 g/mol. The number of hydrogen-bond donors (Lipinski definition) is 2. The number of nitrogens with two attached hydrogens (primary N) is 1. The lowest BCUT2D eigenvalue weighted by atomic mass is 10.0. The topological polar surface area (TPSA) is 119 Å². The maximum Gasteiger partial charge on any atom is 0.345 e. The van der Waals surface area contributed by atoms with Gasteiger partial charge in [0.1, 0.15) is 23.8 Å². The SMILES string of the molecule is C=CC(=O)N1CC(Nc2nc(OC[C@@H]3C[C@@H](OC(F)F)CN3C)nc3c(F)c(-c4ccc(F)c5sc(N)nc45)c(Cl)cc23)C1. The highest BCUT2D eigenvalue weighted by Gasteiger charge is 2.34. The summed E-state index contributed by atoms with van der Waals surface area (Å²) < 4.78 is 67.2. The fraction of sp³-hybridized carbons (Fsp3) is 0.357. The summed E-state index contributed by atoms with van der Waals surface area (Å²) >= 11 is 7.58. The third-order valence-electron chi connectivity index (χ3n) is 7.70. The van der Waals surface area contributed by atoms with Crippen LogP contribution < -0.4 is 15.8 Å². The summed E-state index contributed by atoms with van der Waals surface area (Å²) in [4.78, 5) is 28.4. The van der Waals surface area contributed by atoms with Crippen LogP contribution in [0.15, 0.2) is 30.9 Å². The summed E-state index contributed by atoms with van der Waals surface area (Å²) in [6.07, 6.45) is 0.844. The van der Waals surface area contributed by atoms with E-state index in [2.05, 4.69) is 31.6 Å². The molecule has 2 aromatic carbocycles. The minimum atomic E-state index is -2.89. The van der Waals surface area contributed by atoms with Crippen molar-refractivity contribution >= 4 is 60.9 Å². The van der Waals surface area contributed by atoms with E-state index in [9.17, 15) is 18.0 Å². The number of nitrogen functional groups attached to an aromatic ring is 1. The number of aromatic nitrogens is 3. The maximum absolute atomic E-state index is 16.5. The number of rotatable bonds is 9. The van der Waals surface area contributed by atoms with Gasteiger partial charge in [0, 0.05) is 42.2 Å². The van der Waals surface area contributed by atoms with E-state index in [0.717, 1.165) is 11.3 Å². The number of carbonyl (C=O) groups is 1. The summed E-state index contributed by atoms with van der Waals surface area (Å²) in [5.41, 5.74) is 6.03. The Hall–Kier alpha value is -3.79. The van der Waals surface area contributed by atoms with Gasteiger partial charge < -0.3 is 25.4 Å². The summed E-state index contributed by atoms with van der Waals surface area (Å²) in [5, 5.41) is 3.57. The van der Waals surface area contributed by atoms with Crippen LogP contribution in [0.3, 0.4) is 0 Å². The van der Waals surface area contributed by atoms with Gasteiger partial charge in [-0.05, 0) is 37.7 Å². The summed E-state index contributed by atoms with van der Waals surface area (Å²) in [5.74, 6) is -1.37. The molecule has 44 heavy (non-hydrogen) atoms. The molecule has 232 valence electrons. The zero-order valence-corrected chi connectivity index (χ0v) is 24.8. The molecule has 2 aliphatic rings. The van der Waals surface area contributed by atoms with E-state index in [1.807, 2.05) is 4.90 Å². The molecular weight excluding hydrogens is 626 g/mol. The van der Waals surface area contributed by atoms with Gasteiger partial charge in [0.05, 0.1) is 27.4 Å². The second-order valence-electron chi connectivity index (χ2n) is 10.6. The number of carbonyl (C=O) groups excluding carboxylic acids is 1. The van der Waals surface area contributed by atoms with Crippen molar-refractivity contribution in [3.8, 4) is 17.1 Å². The van der Waals surface area contributed by atoms with Crippen LogP contribution in [-0.4, -0.2) is 88.7 Å². The van der Waals surface area contributed by atoms with Gasteiger partial charge in [-0.25, -0.2) is 13.8 Å². The first kappa shape index (κ1) is 30.2. The Kier molecular flexibility index (Phi) is 8.22. The van der Waals surface area contributed by atoms with E-state index in [-0.39, 0.29) is 85.4 Å². The van der Waals surface area contributed by atoms with Crippen LogP contribution in [0.2, 0.25) is 5.02 Å². The highest BCUT2D eigenvalue weighted by atomic mass is 35.5. The molecule has 3 N–H and O–H groups in total. The number of likely N-dealkylation sites (tertiary alicyclic amines) is 2. The van der Waals surface area contributed by atoms with Gasteiger partial charge >= 0.3 is 12.6 Å². The van der Waals surface area contributed by atoms with Crippen molar-refractivity contribution in [2.24, 2.45) is 0 Å². The van der Waals surface area contributed by atoms with Crippen molar-refractivity contribution in [2.75, 3.05) is 44.3 Å². The first-order valence-electron chi connectivity index (χ1n) is 13.5. The molecule has 2 fully saturated rings. The van der Waals surface area contributed by atoms with Crippen molar-refractivity contribution in [1.29, 1.82) is 0 Å². The molecule has 0 spiro atoms. The first-order chi connectivity index (χ1) is 21.0. The Labute approximate surface area is 257 Å². The molecule has 0 bridgehead atoms. The molecule has 0 unspecified atom stereocenters. The van der Waals surface area contributed by atoms with Gasteiger partial charge in [-0.2, -0.15) is 18.7 Å². The predicted molar refractivity (Wildman–Crippen MR) is 159 cm³/mol. The number of nitrogens with zero attached hydrogens (tertiary/aromatic N) is 5. The summed E-state index contributed by atoms with van der Waals surface area (Å²) in [6, 6.07) is 3.39. The fourth-order valence-electron chi connectivity index (χ4n) is 5.50. The standard InChI is InChI=1S/C28H26ClF4N7O3S/c1-3-19(41)40-8-12(9-40)35-25-16-7-17(29)20(15-4-5-18(30)24-23(15)36-27(34)44-24)21(31)22(16)37-28(38-25)42-11-13-6-14(10-39(13)2)43-26(32)33/h3-5,7,12-14,26H,1,6,8-11H2,2H3,(H2,34,36)(H,35,37,38)/t13-,14+/m0/s1. The molecule has 0 saturated carbocycles. The molecule has 2 atom stereocenters. The molecule has 2 saturated heterocycles. The molecule has 0 radical (unpaired) electrons. The summed E-state index contributed by atoms with van der Waals surface area (Å²) in [7, 11) is 1.76. The van der Waals surface area contributed by atoms with Crippen LogP contribution in [0.25, 0.3) is 32.2 Å². The number of benzene rings is 2. The highest BCUT2D eigenvalue weighted by Crippen LogP contribution is 2.42. The molecule has 6 rings (SSSR count). The van der Waals surface area contributed by atoms with Crippen molar-refractivity contribution in [2.45, 2.75) is 31.2 Å². The second kappa shape index (κ2) is 12.0. The van der Waals surface area contributed by atoms with Gasteiger partial charge in [0.15, 0.2) is 10.9 Å². The number of hydrogen-bond acceptors (Lipinski definition) is 10. The normalized spacial score (nSPS) is 19.2. The number of likely N-dealkylation sites (N-methyl/N-ethyl adjacent to an activating group) is 1. The third kappa shape index (κ3) is 5.72. The average Bonchev–Trinajstić information content (AvgIpc) is 3.51. The van der Waals surface area contributed by atoms with E-state index < -0.39 is 24.3 Å². The predicted octanol–water partition coefficient (Wildman–Crippen LogP) is 4.92. The van der Waals surface area contributed by atoms with Crippen LogP contribution in [0.4, 0.5) is 28.5 Å². The molecule has 4 heterocycles. The van der Waals surface area contributed by atoms with E-state index in [4.69, 9.17) is 22.1 Å². The third-order valence-corrected chi connectivity index (χ3v) is 8.89. The number of ether oxygens (including phenoxy) is 2. The smallest absolute Gasteiger partial charge is 0.345 e. The van der Waals surface area contributed by atoms with Crippen molar-refractivity contribution in [1.82, 2.24) is 24.8 Å². The minimum absolute atomic E-state index is 0.00419.